The second-order valence-corrected chi connectivity index (χ2v) is 9.85. The first kappa shape index (κ1) is 31.7. The molecule has 0 spiro atoms. The lowest BCUT2D eigenvalue weighted by atomic mass is 10.1. The van der Waals surface area contributed by atoms with Crippen LogP contribution in [0.5, 0.6) is 11.5 Å². The monoisotopic (exact) mass is 608 g/mol. The van der Waals surface area contributed by atoms with E-state index in [9.17, 15) is 29.4 Å². The van der Waals surface area contributed by atoms with E-state index in [1.54, 1.807) is 36.4 Å². The van der Waals surface area contributed by atoms with Crippen molar-refractivity contribution in [1.82, 2.24) is 20.6 Å². The molecule has 4 aromatic rings. The molecule has 10 nitrogen and oxygen atoms in total. The molecule has 2 amide bonds. The smallest absolute Gasteiger partial charge is 0.274 e. The van der Waals surface area contributed by atoms with Crippen LogP contribution in [0.1, 0.15) is 34.8 Å². The van der Waals surface area contributed by atoms with Crippen molar-refractivity contribution in [3.05, 3.63) is 94.5 Å². The van der Waals surface area contributed by atoms with Crippen LogP contribution >= 0.6 is 23.2 Å². The Kier molecular flexibility index (Phi) is 11.1. The molecule has 0 atom stereocenters. The highest BCUT2D eigenvalue weighted by Gasteiger charge is 2.15. The highest BCUT2D eigenvalue weighted by Crippen LogP contribution is 2.27. The zero-order valence-electron chi connectivity index (χ0n) is 22.5. The lowest BCUT2D eigenvalue weighted by molar-refractivity contribution is -0.116. The Bertz CT molecular complexity index is 1520. The van der Waals surface area contributed by atoms with Gasteiger partial charge in [-0.05, 0) is 61.4 Å². The fourth-order valence-corrected chi connectivity index (χ4v) is 3.87. The third-order valence-electron chi connectivity index (χ3n) is 5.48. The molecule has 4 N–H and O–H groups in total. The molecule has 0 saturated heterocycles. The van der Waals surface area contributed by atoms with E-state index in [2.05, 4.69) is 20.6 Å². The maximum Gasteiger partial charge on any atom is 0.274 e. The molecule has 2 aromatic carbocycles. The summed E-state index contributed by atoms with van der Waals surface area (Å²) in [6, 6.07) is 17.0. The second-order valence-electron chi connectivity index (χ2n) is 8.97. The van der Waals surface area contributed by atoms with Crippen molar-refractivity contribution in [2.45, 2.75) is 13.8 Å². The molecule has 42 heavy (non-hydrogen) atoms. The van der Waals surface area contributed by atoms with Crippen molar-refractivity contribution in [2.24, 2.45) is 0 Å². The fraction of sp³-hybridized carbons (Fsp3) is 0.133. The summed E-state index contributed by atoms with van der Waals surface area (Å²) in [5, 5.41) is 25.7. The quantitative estimate of drug-likeness (QED) is 0.221. The Balaban J connectivity index is 0.000000230. The summed E-state index contributed by atoms with van der Waals surface area (Å²) in [6.07, 6.45) is 2.93. The molecule has 2 heterocycles. The van der Waals surface area contributed by atoms with Crippen LogP contribution in [0.4, 0.5) is 0 Å². The molecule has 0 bridgehead atoms. The van der Waals surface area contributed by atoms with E-state index in [-0.39, 0.29) is 47.5 Å². The second kappa shape index (κ2) is 14.7. The summed E-state index contributed by atoms with van der Waals surface area (Å²) < 4.78 is 0. The molecule has 0 saturated carbocycles. The molecule has 216 valence electrons. The number of ketones is 2. The normalized spacial score (nSPS) is 10.2. The number of hydrogen-bond donors (Lipinski definition) is 4. The number of Topliss-reactive ketones (excluding diaryl/α,β-unsaturated/α-hetero) is 2. The molecule has 4 rings (SSSR count). The van der Waals surface area contributed by atoms with Crippen LogP contribution in [-0.2, 0) is 9.59 Å². The van der Waals surface area contributed by atoms with Crippen molar-refractivity contribution in [2.75, 3.05) is 13.1 Å². The van der Waals surface area contributed by atoms with Gasteiger partial charge in [0.25, 0.3) is 11.8 Å². The van der Waals surface area contributed by atoms with Crippen molar-refractivity contribution in [3.63, 3.8) is 0 Å². The van der Waals surface area contributed by atoms with Gasteiger partial charge in [0.05, 0.1) is 13.1 Å². The van der Waals surface area contributed by atoms with Gasteiger partial charge < -0.3 is 20.8 Å². The molecule has 0 radical (unpaired) electrons. The maximum atomic E-state index is 11.8. The van der Waals surface area contributed by atoms with Gasteiger partial charge in [-0.15, -0.1) is 0 Å². The van der Waals surface area contributed by atoms with Crippen LogP contribution in [0, 0.1) is 0 Å². The number of halogens is 2. The Morgan fingerprint density at radius 1 is 0.643 bits per heavy atom. The largest absolute Gasteiger partial charge is 0.505 e. The minimum atomic E-state index is -0.597. The molecule has 2 aromatic heterocycles. The zero-order chi connectivity index (χ0) is 30.8. The van der Waals surface area contributed by atoms with Crippen LogP contribution in [0.2, 0.25) is 10.0 Å². The third-order valence-corrected chi connectivity index (χ3v) is 5.95. The average Bonchev–Trinajstić information content (AvgIpc) is 2.95. The summed E-state index contributed by atoms with van der Waals surface area (Å²) >= 11 is 11.8. The third kappa shape index (κ3) is 9.12. The first-order valence-corrected chi connectivity index (χ1v) is 13.2. The Labute approximate surface area is 251 Å². The van der Waals surface area contributed by atoms with Gasteiger partial charge >= 0.3 is 0 Å². The average molecular weight is 609 g/mol. The molecule has 0 fully saturated rings. The first-order valence-electron chi connectivity index (χ1n) is 12.4. The summed E-state index contributed by atoms with van der Waals surface area (Å²) in [5.41, 5.74) is 2.59. The lowest BCUT2D eigenvalue weighted by Gasteiger charge is -2.07. The number of benzene rings is 2. The predicted octanol–water partition coefficient (Wildman–Crippen LogP) is 4.85. The summed E-state index contributed by atoms with van der Waals surface area (Å²) in [5.74, 6) is -2.07. The van der Waals surface area contributed by atoms with E-state index in [1.165, 1.54) is 38.4 Å². The topological polar surface area (TPSA) is 159 Å². The van der Waals surface area contributed by atoms with Gasteiger partial charge in [0.1, 0.15) is 23.1 Å². The zero-order valence-corrected chi connectivity index (χ0v) is 24.0. The van der Waals surface area contributed by atoms with Crippen LogP contribution in [0.15, 0.2) is 73.1 Å². The van der Waals surface area contributed by atoms with E-state index in [0.29, 0.717) is 21.2 Å². The number of carbonyl (C=O) groups excluding carboxylic acids is 4. The highest BCUT2D eigenvalue weighted by atomic mass is 35.5. The summed E-state index contributed by atoms with van der Waals surface area (Å²) in [6.45, 7) is 2.51. The summed E-state index contributed by atoms with van der Waals surface area (Å²) in [4.78, 5) is 53.1. The van der Waals surface area contributed by atoms with E-state index in [1.807, 2.05) is 12.1 Å². The standard InChI is InChI=1S/2C15H13ClN2O3/c2*1-9(19)7-18-15(21)14-13(20)6-11(8-17-14)10-3-2-4-12(16)5-10/h2*2-6,8,20H,7H2,1H3,(H,18,21). The van der Waals surface area contributed by atoms with Gasteiger partial charge in [-0.2, -0.15) is 0 Å². The number of amides is 2. The van der Waals surface area contributed by atoms with E-state index in [0.717, 1.165) is 11.1 Å². The molecule has 12 heteroatoms. The van der Waals surface area contributed by atoms with Gasteiger partial charge in [-0.3, -0.25) is 19.2 Å². The number of aromatic nitrogens is 2. The number of nitrogens with zero attached hydrogens (tertiary/aromatic N) is 2. The first-order chi connectivity index (χ1) is 19.9. The molecule has 0 aliphatic carbocycles. The molecular weight excluding hydrogens is 583 g/mol. The number of rotatable bonds is 8. The number of nitrogens with one attached hydrogen (secondary N) is 2. The van der Waals surface area contributed by atoms with Crippen molar-refractivity contribution < 1.29 is 29.4 Å². The van der Waals surface area contributed by atoms with Crippen molar-refractivity contribution >= 4 is 46.6 Å². The van der Waals surface area contributed by atoms with E-state index in [4.69, 9.17) is 23.2 Å². The van der Waals surface area contributed by atoms with Crippen molar-refractivity contribution in [1.29, 1.82) is 0 Å². The van der Waals surface area contributed by atoms with Gasteiger partial charge in [0.15, 0.2) is 11.4 Å². The highest BCUT2D eigenvalue weighted by molar-refractivity contribution is 6.31. The molecule has 0 aliphatic heterocycles. The minimum absolute atomic E-state index is 0.101. The Morgan fingerprint density at radius 3 is 1.33 bits per heavy atom. The number of pyridine rings is 2. The number of carbonyl (C=O) groups is 4. The van der Waals surface area contributed by atoms with Gasteiger partial charge in [0, 0.05) is 33.6 Å². The molecular formula is C30H26Cl2N4O6. The van der Waals surface area contributed by atoms with Crippen LogP contribution in [0.25, 0.3) is 22.3 Å². The number of aromatic hydroxyl groups is 2. The van der Waals surface area contributed by atoms with Crippen LogP contribution < -0.4 is 10.6 Å². The van der Waals surface area contributed by atoms with Crippen molar-refractivity contribution in [3.8, 4) is 33.8 Å². The maximum absolute atomic E-state index is 11.8. The molecule has 0 unspecified atom stereocenters. The SMILES string of the molecule is CC(=O)CNC(=O)c1ncc(-c2cccc(Cl)c2)cc1O.CC(=O)CNC(=O)c1ncc(-c2cccc(Cl)c2)cc1O. The van der Waals surface area contributed by atoms with E-state index < -0.39 is 11.8 Å². The Hall–Kier alpha value is -4.80. The van der Waals surface area contributed by atoms with Crippen LogP contribution in [0.3, 0.4) is 0 Å². The van der Waals surface area contributed by atoms with Gasteiger partial charge in [-0.25, -0.2) is 9.97 Å². The predicted molar refractivity (Wildman–Crippen MR) is 159 cm³/mol. The Morgan fingerprint density at radius 2 is 1.02 bits per heavy atom. The van der Waals surface area contributed by atoms with E-state index >= 15 is 0 Å². The molecule has 0 aliphatic rings. The van der Waals surface area contributed by atoms with Crippen LogP contribution in [-0.4, -0.2) is 56.7 Å². The minimum Gasteiger partial charge on any atom is -0.505 e. The lowest BCUT2D eigenvalue weighted by Crippen LogP contribution is -2.29. The fourth-order valence-electron chi connectivity index (χ4n) is 3.48. The summed E-state index contributed by atoms with van der Waals surface area (Å²) in [7, 11) is 0. The van der Waals surface area contributed by atoms with Gasteiger partial charge in [-0.1, -0.05) is 47.5 Å². The van der Waals surface area contributed by atoms with Gasteiger partial charge in [0.2, 0.25) is 0 Å². The number of hydrogen-bond acceptors (Lipinski definition) is 8.